The number of hydrogen-bond acceptors (Lipinski definition) is 6. The van der Waals surface area contributed by atoms with Crippen molar-refractivity contribution in [2.75, 3.05) is 13.6 Å². The average Bonchev–Trinajstić information content (AvgIpc) is 3.31. The van der Waals surface area contributed by atoms with E-state index in [1.54, 1.807) is 18.4 Å². The Morgan fingerprint density at radius 1 is 1.29 bits per heavy atom. The number of hydrogen-bond donors (Lipinski definition) is 3. The first-order valence-electron chi connectivity index (χ1n) is 10.5. The molecule has 0 spiro atoms. The minimum atomic E-state index is -0.695. The zero-order valence-electron chi connectivity index (χ0n) is 18.8. The molecular formula is C23H32N4O3S. The molecule has 0 bridgehead atoms. The number of carbonyl (C=O) groups excluding carboxylic acids is 2. The normalized spacial score (nSPS) is 20.0. The van der Waals surface area contributed by atoms with Crippen LogP contribution in [0.5, 0.6) is 0 Å². The lowest BCUT2D eigenvalue weighted by atomic mass is 9.86. The summed E-state index contributed by atoms with van der Waals surface area (Å²) >= 11 is 1.61. The van der Waals surface area contributed by atoms with E-state index in [0.29, 0.717) is 6.54 Å². The summed E-state index contributed by atoms with van der Waals surface area (Å²) in [6.45, 7) is 8.46. The molecule has 2 amide bonds. The Morgan fingerprint density at radius 3 is 2.52 bits per heavy atom. The number of benzene rings is 1. The molecule has 31 heavy (non-hydrogen) atoms. The van der Waals surface area contributed by atoms with Gasteiger partial charge >= 0.3 is 0 Å². The molecule has 0 aliphatic carbocycles. The van der Waals surface area contributed by atoms with Gasteiger partial charge < -0.3 is 20.6 Å². The van der Waals surface area contributed by atoms with Gasteiger partial charge in [0.25, 0.3) is 0 Å². The lowest BCUT2D eigenvalue weighted by molar-refractivity contribution is -0.142. The van der Waals surface area contributed by atoms with E-state index in [1.165, 1.54) is 4.90 Å². The number of aromatic nitrogens is 1. The number of nitrogens with one attached hydrogen (secondary N) is 2. The van der Waals surface area contributed by atoms with Crippen molar-refractivity contribution < 1.29 is 14.7 Å². The van der Waals surface area contributed by atoms with Gasteiger partial charge in [0.1, 0.15) is 6.04 Å². The van der Waals surface area contributed by atoms with Crippen LogP contribution in [0.4, 0.5) is 0 Å². The number of aryl methyl sites for hydroxylation is 1. The smallest absolute Gasteiger partial charge is 0.243 e. The highest BCUT2D eigenvalue weighted by Gasteiger charge is 2.43. The van der Waals surface area contributed by atoms with Gasteiger partial charge in [0.15, 0.2) is 0 Å². The van der Waals surface area contributed by atoms with Crippen molar-refractivity contribution in [2.45, 2.75) is 58.8 Å². The molecule has 1 aromatic carbocycles. The van der Waals surface area contributed by atoms with E-state index in [-0.39, 0.29) is 30.2 Å². The Balaban J connectivity index is 1.65. The fourth-order valence-electron chi connectivity index (χ4n) is 4.06. The summed E-state index contributed by atoms with van der Waals surface area (Å²) in [6.07, 6.45) is -0.444. The van der Waals surface area contributed by atoms with Gasteiger partial charge in [-0.3, -0.25) is 9.59 Å². The van der Waals surface area contributed by atoms with Gasteiger partial charge in [0, 0.05) is 19.5 Å². The van der Waals surface area contributed by atoms with Crippen LogP contribution in [0.1, 0.15) is 38.4 Å². The van der Waals surface area contributed by atoms with Gasteiger partial charge in [0.05, 0.1) is 28.2 Å². The lowest BCUT2D eigenvalue weighted by Gasteiger charge is -2.34. The summed E-state index contributed by atoms with van der Waals surface area (Å²) in [5, 5.41) is 16.2. The Hall–Kier alpha value is -2.29. The quantitative estimate of drug-likeness (QED) is 0.636. The number of thiazole rings is 1. The highest BCUT2D eigenvalue weighted by molar-refractivity contribution is 7.13. The fraction of sp³-hybridized carbons (Fsp3) is 0.522. The maximum atomic E-state index is 13.1. The zero-order chi connectivity index (χ0) is 22.8. The molecule has 3 atom stereocenters. The monoisotopic (exact) mass is 444 g/mol. The van der Waals surface area contributed by atoms with Crippen molar-refractivity contribution in [3.8, 4) is 10.4 Å². The van der Waals surface area contributed by atoms with Crippen LogP contribution in [0.15, 0.2) is 29.8 Å². The summed E-state index contributed by atoms with van der Waals surface area (Å²) in [7, 11) is 1.74. The van der Waals surface area contributed by atoms with Crippen LogP contribution in [0.3, 0.4) is 0 Å². The van der Waals surface area contributed by atoms with E-state index in [2.05, 4.69) is 15.6 Å². The molecule has 0 saturated carbocycles. The minimum absolute atomic E-state index is 0.156. The van der Waals surface area contributed by atoms with Gasteiger partial charge in [-0.25, -0.2) is 4.98 Å². The second-order valence-electron chi connectivity index (χ2n) is 9.17. The van der Waals surface area contributed by atoms with Crippen LogP contribution in [0, 0.1) is 12.3 Å². The Bertz CT molecular complexity index is 920. The first-order chi connectivity index (χ1) is 14.6. The van der Waals surface area contributed by atoms with Crippen molar-refractivity contribution in [2.24, 2.45) is 5.41 Å². The number of β-amino-alcohol motifs (C(OH)–C–C–N with tert-alkyl or cyclic N) is 1. The molecule has 1 aliphatic rings. The van der Waals surface area contributed by atoms with Gasteiger partial charge in [-0.05, 0) is 30.5 Å². The number of likely N-dealkylation sites (tertiary alicyclic amines) is 1. The average molecular weight is 445 g/mol. The van der Waals surface area contributed by atoms with E-state index >= 15 is 0 Å². The number of amides is 2. The highest BCUT2D eigenvalue weighted by Crippen LogP contribution is 2.28. The second-order valence-corrected chi connectivity index (χ2v) is 10.0. The summed E-state index contributed by atoms with van der Waals surface area (Å²) < 4.78 is 0. The molecule has 168 valence electrons. The van der Waals surface area contributed by atoms with Crippen molar-refractivity contribution in [1.82, 2.24) is 20.5 Å². The second kappa shape index (κ2) is 9.46. The van der Waals surface area contributed by atoms with Crippen LogP contribution in [-0.4, -0.2) is 58.6 Å². The molecule has 3 N–H and O–H groups in total. The largest absolute Gasteiger partial charge is 0.391 e. The Labute approximate surface area is 187 Å². The van der Waals surface area contributed by atoms with Crippen LogP contribution < -0.4 is 10.6 Å². The van der Waals surface area contributed by atoms with Crippen LogP contribution in [0.2, 0.25) is 0 Å². The molecule has 2 aromatic rings. The fourth-order valence-corrected chi connectivity index (χ4v) is 4.87. The minimum Gasteiger partial charge on any atom is -0.391 e. The lowest BCUT2D eigenvalue weighted by Crippen LogP contribution is -2.55. The number of nitrogens with zero attached hydrogens (tertiary/aromatic N) is 2. The number of aliphatic hydroxyl groups excluding tert-OH is 1. The van der Waals surface area contributed by atoms with Crippen molar-refractivity contribution in [3.63, 3.8) is 0 Å². The number of carbonyl (C=O) groups is 2. The zero-order valence-corrected chi connectivity index (χ0v) is 19.6. The first kappa shape index (κ1) is 23.4. The number of aliphatic hydroxyl groups is 1. The molecule has 1 aromatic heterocycles. The molecule has 1 fully saturated rings. The highest BCUT2D eigenvalue weighted by atomic mass is 32.1. The predicted molar refractivity (Wildman–Crippen MR) is 123 cm³/mol. The van der Waals surface area contributed by atoms with Crippen molar-refractivity contribution in [1.29, 1.82) is 0 Å². The third kappa shape index (κ3) is 5.31. The Morgan fingerprint density at radius 2 is 1.97 bits per heavy atom. The molecular weight excluding hydrogens is 412 g/mol. The molecule has 1 aliphatic heterocycles. The van der Waals surface area contributed by atoms with Crippen LogP contribution in [-0.2, 0) is 16.1 Å². The predicted octanol–water partition coefficient (Wildman–Crippen LogP) is 2.33. The molecule has 0 radical (unpaired) electrons. The van der Waals surface area contributed by atoms with E-state index < -0.39 is 18.2 Å². The van der Waals surface area contributed by atoms with Gasteiger partial charge in [-0.2, -0.15) is 0 Å². The SMILES string of the molecule is CNC(C(=O)N1CC(O)CC1C(=O)NCc1ccc(-c2scnc2C)cc1)C(C)(C)C. The number of likely N-dealkylation sites (N-methyl/N-ethyl adjacent to an activating group) is 1. The molecule has 8 heteroatoms. The van der Waals surface area contributed by atoms with Gasteiger partial charge in [0.2, 0.25) is 11.8 Å². The van der Waals surface area contributed by atoms with Crippen molar-refractivity contribution in [3.05, 3.63) is 41.0 Å². The third-order valence-corrected chi connectivity index (χ3v) is 6.67. The van der Waals surface area contributed by atoms with Gasteiger partial charge in [-0.15, -0.1) is 11.3 Å². The topological polar surface area (TPSA) is 94.6 Å². The molecule has 3 unspecified atom stereocenters. The van der Waals surface area contributed by atoms with Gasteiger partial charge in [-0.1, -0.05) is 45.0 Å². The van der Waals surface area contributed by atoms with E-state index in [0.717, 1.165) is 21.7 Å². The standard InChI is InChI=1S/C23H32N4O3S/c1-14-19(31-13-26-14)16-8-6-15(7-9-16)11-25-21(29)18-10-17(28)12-27(18)22(30)20(24-5)23(2,3)4/h6-9,13,17-18,20,24,28H,10-12H2,1-5H3,(H,25,29). The molecule has 7 nitrogen and oxygen atoms in total. The van der Waals surface area contributed by atoms with Crippen LogP contribution >= 0.6 is 11.3 Å². The maximum absolute atomic E-state index is 13.1. The molecule has 3 rings (SSSR count). The number of rotatable bonds is 6. The maximum Gasteiger partial charge on any atom is 0.243 e. The van der Waals surface area contributed by atoms with Crippen LogP contribution in [0.25, 0.3) is 10.4 Å². The summed E-state index contributed by atoms with van der Waals surface area (Å²) in [5.74, 6) is -0.396. The molecule has 2 heterocycles. The van der Waals surface area contributed by atoms with E-state index in [4.69, 9.17) is 0 Å². The Kier molecular flexibility index (Phi) is 7.13. The summed E-state index contributed by atoms with van der Waals surface area (Å²) in [4.78, 5) is 32.9. The third-order valence-electron chi connectivity index (χ3n) is 5.69. The van der Waals surface area contributed by atoms with E-state index in [9.17, 15) is 14.7 Å². The molecule has 1 saturated heterocycles. The first-order valence-corrected chi connectivity index (χ1v) is 11.4. The van der Waals surface area contributed by atoms with E-state index in [1.807, 2.05) is 57.5 Å². The summed E-state index contributed by atoms with van der Waals surface area (Å²) in [5.41, 5.74) is 4.61. The summed E-state index contributed by atoms with van der Waals surface area (Å²) in [6, 6.07) is 6.92. The van der Waals surface area contributed by atoms with Crippen molar-refractivity contribution >= 4 is 23.2 Å².